The van der Waals surface area contributed by atoms with Gasteiger partial charge in [0, 0.05) is 13.2 Å². The Hall–Kier alpha value is -1.55. The van der Waals surface area contributed by atoms with E-state index in [2.05, 4.69) is 19.2 Å². The molecule has 1 rings (SSSR count). The first-order chi connectivity index (χ1) is 9.52. The van der Waals surface area contributed by atoms with Gasteiger partial charge in [0.2, 0.25) is 5.91 Å². The summed E-state index contributed by atoms with van der Waals surface area (Å²) in [6, 6.07) is 7.85. The van der Waals surface area contributed by atoms with Crippen molar-refractivity contribution in [1.82, 2.24) is 5.32 Å². The number of carbonyl (C=O) groups is 1. The maximum Gasteiger partial charge on any atom is 0.248 e. The average molecular weight is 279 g/mol. The van der Waals surface area contributed by atoms with Crippen LogP contribution in [0.4, 0.5) is 0 Å². The summed E-state index contributed by atoms with van der Waals surface area (Å²) in [5.41, 5.74) is 1.17. The summed E-state index contributed by atoms with van der Waals surface area (Å²) in [4.78, 5) is 11.8. The van der Waals surface area contributed by atoms with E-state index in [0.29, 0.717) is 19.1 Å². The summed E-state index contributed by atoms with van der Waals surface area (Å²) in [5.74, 6) is 1.22. The number of benzene rings is 1. The molecule has 0 saturated heterocycles. The molecule has 4 nitrogen and oxygen atoms in total. The molecular formula is C16H25NO3. The summed E-state index contributed by atoms with van der Waals surface area (Å²) in [7, 11) is 1.65. The van der Waals surface area contributed by atoms with Crippen LogP contribution >= 0.6 is 0 Å². The molecule has 0 fully saturated rings. The molecule has 112 valence electrons. The number of carbonyl (C=O) groups excluding carboxylic acids is 1. The van der Waals surface area contributed by atoms with Crippen molar-refractivity contribution in [2.45, 2.75) is 33.3 Å². The SMILES string of the molecule is COc1ccc(CCNC(=O)[C@@H](C)OCC(C)C)cc1. The van der Waals surface area contributed by atoms with Crippen LogP contribution in [0.2, 0.25) is 0 Å². The number of hydrogen-bond donors (Lipinski definition) is 1. The van der Waals surface area contributed by atoms with E-state index in [-0.39, 0.29) is 5.91 Å². The van der Waals surface area contributed by atoms with E-state index >= 15 is 0 Å². The Labute approximate surface area is 121 Å². The van der Waals surface area contributed by atoms with Crippen LogP contribution in [-0.4, -0.2) is 32.3 Å². The van der Waals surface area contributed by atoms with E-state index in [1.165, 1.54) is 5.56 Å². The molecule has 0 aliphatic heterocycles. The summed E-state index contributed by atoms with van der Waals surface area (Å²) in [6.45, 7) is 7.13. The lowest BCUT2D eigenvalue weighted by molar-refractivity contribution is -0.132. The van der Waals surface area contributed by atoms with Crippen molar-refractivity contribution in [3.63, 3.8) is 0 Å². The first kappa shape index (κ1) is 16.5. The van der Waals surface area contributed by atoms with Gasteiger partial charge in [0.05, 0.1) is 7.11 Å². The fraction of sp³-hybridized carbons (Fsp3) is 0.562. The van der Waals surface area contributed by atoms with E-state index in [9.17, 15) is 4.79 Å². The second-order valence-corrected chi connectivity index (χ2v) is 5.26. The summed E-state index contributed by atoms with van der Waals surface area (Å²) < 4.78 is 10.6. The Bertz CT molecular complexity index is 401. The Morgan fingerprint density at radius 1 is 1.20 bits per heavy atom. The van der Waals surface area contributed by atoms with E-state index in [0.717, 1.165) is 12.2 Å². The number of hydrogen-bond acceptors (Lipinski definition) is 3. The smallest absolute Gasteiger partial charge is 0.248 e. The van der Waals surface area contributed by atoms with Crippen molar-refractivity contribution in [3.05, 3.63) is 29.8 Å². The zero-order chi connectivity index (χ0) is 15.0. The fourth-order valence-corrected chi connectivity index (χ4v) is 1.68. The maximum atomic E-state index is 11.8. The number of ether oxygens (including phenoxy) is 2. The lowest BCUT2D eigenvalue weighted by atomic mass is 10.1. The minimum Gasteiger partial charge on any atom is -0.497 e. The van der Waals surface area contributed by atoms with Gasteiger partial charge < -0.3 is 14.8 Å². The second-order valence-electron chi connectivity index (χ2n) is 5.26. The molecule has 0 aliphatic rings. The molecule has 1 aromatic carbocycles. The normalized spacial score (nSPS) is 12.2. The number of rotatable bonds is 8. The number of methoxy groups -OCH3 is 1. The van der Waals surface area contributed by atoms with Crippen LogP contribution in [0.1, 0.15) is 26.3 Å². The highest BCUT2D eigenvalue weighted by atomic mass is 16.5. The molecular weight excluding hydrogens is 254 g/mol. The first-order valence-electron chi connectivity index (χ1n) is 7.05. The third-order valence-electron chi connectivity index (χ3n) is 2.92. The van der Waals surface area contributed by atoms with E-state index in [4.69, 9.17) is 9.47 Å². The summed E-state index contributed by atoms with van der Waals surface area (Å²) in [5, 5.41) is 2.89. The molecule has 4 heteroatoms. The molecule has 1 atom stereocenters. The largest absolute Gasteiger partial charge is 0.497 e. The topological polar surface area (TPSA) is 47.6 Å². The third kappa shape index (κ3) is 6.06. The van der Waals surface area contributed by atoms with Crippen molar-refractivity contribution in [3.8, 4) is 5.75 Å². The molecule has 0 radical (unpaired) electrons. The average Bonchev–Trinajstić information content (AvgIpc) is 2.45. The molecule has 0 aliphatic carbocycles. The van der Waals surface area contributed by atoms with Crippen molar-refractivity contribution >= 4 is 5.91 Å². The minimum absolute atomic E-state index is 0.0563. The van der Waals surface area contributed by atoms with Crippen LogP contribution < -0.4 is 10.1 Å². The van der Waals surface area contributed by atoms with Crippen molar-refractivity contribution in [1.29, 1.82) is 0 Å². The standard InChI is InChI=1S/C16H25NO3/c1-12(2)11-20-13(3)16(18)17-10-9-14-5-7-15(19-4)8-6-14/h5-8,12-13H,9-11H2,1-4H3,(H,17,18)/t13-/m1/s1. The zero-order valence-corrected chi connectivity index (χ0v) is 12.8. The lowest BCUT2D eigenvalue weighted by Crippen LogP contribution is -2.36. The number of amides is 1. The van der Waals surface area contributed by atoms with E-state index in [1.54, 1.807) is 14.0 Å². The van der Waals surface area contributed by atoms with Gasteiger partial charge in [-0.1, -0.05) is 26.0 Å². The molecule has 0 bridgehead atoms. The van der Waals surface area contributed by atoms with E-state index in [1.807, 2.05) is 24.3 Å². The predicted octanol–water partition coefficient (Wildman–Crippen LogP) is 2.42. The predicted molar refractivity (Wildman–Crippen MR) is 80.0 cm³/mol. The van der Waals surface area contributed by atoms with Crippen molar-refractivity contribution < 1.29 is 14.3 Å². The Morgan fingerprint density at radius 3 is 2.40 bits per heavy atom. The zero-order valence-electron chi connectivity index (χ0n) is 12.8. The Balaban J connectivity index is 2.26. The van der Waals surface area contributed by atoms with Gasteiger partial charge in [-0.05, 0) is 37.0 Å². The molecule has 0 unspecified atom stereocenters. The van der Waals surface area contributed by atoms with E-state index < -0.39 is 6.10 Å². The van der Waals surface area contributed by atoms with Gasteiger partial charge in [0.15, 0.2) is 0 Å². The summed E-state index contributed by atoms with van der Waals surface area (Å²) >= 11 is 0. The number of nitrogens with one attached hydrogen (secondary N) is 1. The lowest BCUT2D eigenvalue weighted by Gasteiger charge is -2.14. The van der Waals surface area contributed by atoms with Crippen LogP contribution in [0.5, 0.6) is 5.75 Å². The minimum atomic E-state index is -0.395. The molecule has 0 spiro atoms. The van der Waals surface area contributed by atoms with Gasteiger partial charge in [0.1, 0.15) is 11.9 Å². The second kappa shape index (κ2) is 8.59. The molecule has 0 heterocycles. The van der Waals surface area contributed by atoms with Gasteiger partial charge >= 0.3 is 0 Å². The molecule has 1 N–H and O–H groups in total. The first-order valence-corrected chi connectivity index (χ1v) is 7.05. The molecule has 1 aromatic rings. The van der Waals surface area contributed by atoms with Gasteiger partial charge in [-0.2, -0.15) is 0 Å². The highest BCUT2D eigenvalue weighted by Gasteiger charge is 2.12. The van der Waals surface area contributed by atoms with Gasteiger partial charge in [0.25, 0.3) is 0 Å². The molecule has 0 saturated carbocycles. The highest BCUT2D eigenvalue weighted by molar-refractivity contribution is 5.80. The quantitative estimate of drug-likeness (QED) is 0.795. The molecule has 20 heavy (non-hydrogen) atoms. The highest BCUT2D eigenvalue weighted by Crippen LogP contribution is 2.11. The van der Waals surface area contributed by atoms with Crippen LogP contribution in [0.3, 0.4) is 0 Å². The summed E-state index contributed by atoms with van der Waals surface area (Å²) in [6.07, 6.45) is 0.403. The van der Waals surface area contributed by atoms with Gasteiger partial charge in [-0.3, -0.25) is 4.79 Å². The van der Waals surface area contributed by atoms with Crippen molar-refractivity contribution in [2.75, 3.05) is 20.3 Å². The molecule has 0 aromatic heterocycles. The maximum absolute atomic E-state index is 11.8. The van der Waals surface area contributed by atoms with Crippen LogP contribution in [0.15, 0.2) is 24.3 Å². The van der Waals surface area contributed by atoms with Gasteiger partial charge in [-0.25, -0.2) is 0 Å². The van der Waals surface area contributed by atoms with Gasteiger partial charge in [-0.15, -0.1) is 0 Å². The third-order valence-corrected chi connectivity index (χ3v) is 2.92. The monoisotopic (exact) mass is 279 g/mol. The van der Waals surface area contributed by atoms with Crippen LogP contribution in [0, 0.1) is 5.92 Å². The van der Waals surface area contributed by atoms with Crippen LogP contribution in [-0.2, 0) is 16.0 Å². The fourth-order valence-electron chi connectivity index (χ4n) is 1.68. The molecule has 1 amide bonds. The van der Waals surface area contributed by atoms with Crippen LogP contribution in [0.25, 0.3) is 0 Å². The Morgan fingerprint density at radius 2 is 1.85 bits per heavy atom. The van der Waals surface area contributed by atoms with Crippen molar-refractivity contribution in [2.24, 2.45) is 5.92 Å². The Kier molecular flexibility index (Phi) is 7.09.